The zero-order chi connectivity index (χ0) is 30.4. The zero-order valence-corrected chi connectivity index (χ0v) is 24.1. The molecule has 3 aromatic rings. The van der Waals surface area contributed by atoms with Gasteiger partial charge in [0.2, 0.25) is 11.8 Å². The van der Waals surface area contributed by atoms with Crippen LogP contribution in [0.15, 0.2) is 83.8 Å². The molecule has 3 rings (SSSR count). The lowest BCUT2D eigenvalue weighted by molar-refractivity contribution is -0.384. The van der Waals surface area contributed by atoms with Crippen molar-refractivity contribution >= 4 is 33.2 Å². The van der Waals surface area contributed by atoms with Gasteiger partial charge in [-0.05, 0) is 63.1 Å². The normalized spacial score (nSPS) is 12.3. The number of benzene rings is 3. The number of carbonyl (C=O) groups excluding carboxylic acids is 2. The lowest BCUT2D eigenvalue weighted by Gasteiger charge is -2.34. The highest BCUT2D eigenvalue weighted by Crippen LogP contribution is 2.28. The molecule has 12 heteroatoms. The van der Waals surface area contributed by atoms with Gasteiger partial charge in [0, 0.05) is 24.2 Å². The summed E-state index contributed by atoms with van der Waals surface area (Å²) >= 11 is 0. The van der Waals surface area contributed by atoms with Crippen molar-refractivity contribution < 1.29 is 27.3 Å². The van der Waals surface area contributed by atoms with Crippen molar-refractivity contribution in [3.8, 4) is 0 Å². The van der Waals surface area contributed by atoms with E-state index < -0.39 is 50.7 Å². The maximum Gasteiger partial charge on any atom is 0.271 e. The molecule has 1 atom stereocenters. The Balaban J connectivity index is 2.10. The molecule has 41 heavy (non-hydrogen) atoms. The third-order valence-corrected chi connectivity index (χ3v) is 7.88. The van der Waals surface area contributed by atoms with E-state index in [4.69, 9.17) is 0 Å². The van der Waals surface area contributed by atoms with Gasteiger partial charge in [-0.25, -0.2) is 12.8 Å². The van der Waals surface area contributed by atoms with Gasteiger partial charge in [-0.1, -0.05) is 43.3 Å². The molecule has 0 spiro atoms. The summed E-state index contributed by atoms with van der Waals surface area (Å²) in [6.07, 6.45) is 0.205. The molecule has 0 saturated carbocycles. The Morgan fingerprint density at radius 2 is 1.63 bits per heavy atom. The topological polar surface area (TPSA) is 130 Å². The maximum absolute atomic E-state index is 14.0. The highest BCUT2D eigenvalue weighted by Gasteiger charge is 2.35. The first-order valence-corrected chi connectivity index (χ1v) is 14.3. The van der Waals surface area contributed by atoms with E-state index in [1.54, 1.807) is 33.8 Å². The second-order valence-electron chi connectivity index (χ2n) is 10.4. The van der Waals surface area contributed by atoms with E-state index in [0.29, 0.717) is 5.56 Å². The van der Waals surface area contributed by atoms with Crippen LogP contribution in [0.4, 0.5) is 15.8 Å². The van der Waals surface area contributed by atoms with Crippen molar-refractivity contribution in [3.63, 3.8) is 0 Å². The third kappa shape index (κ3) is 8.10. The number of nitro groups is 1. The van der Waals surface area contributed by atoms with Crippen molar-refractivity contribution in [3.05, 3.63) is 100 Å². The molecular formula is C29H33FN4O6S. The average molecular weight is 585 g/mol. The first-order valence-electron chi connectivity index (χ1n) is 12.9. The van der Waals surface area contributed by atoms with Crippen molar-refractivity contribution in [2.75, 3.05) is 10.8 Å². The summed E-state index contributed by atoms with van der Waals surface area (Å²) in [6.45, 7) is 6.24. The molecule has 3 aromatic carbocycles. The SMILES string of the molecule is CCC(C(=O)NC(C)(C)C)N(Cc1ccc(F)cc1)C(=O)CN(c1cccc([N+](=O)[O-])c1)S(=O)(=O)c1ccccc1. The highest BCUT2D eigenvalue weighted by atomic mass is 32.2. The van der Waals surface area contributed by atoms with Crippen LogP contribution < -0.4 is 9.62 Å². The predicted octanol–water partition coefficient (Wildman–Crippen LogP) is 4.65. The van der Waals surface area contributed by atoms with E-state index in [1.807, 2.05) is 0 Å². The van der Waals surface area contributed by atoms with Crippen LogP contribution in [0.2, 0.25) is 0 Å². The minimum Gasteiger partial charge on any atom is -0.350 e. The van der Waals surface area contributed by atoms with Gasteiger partial charge in [-0.3, -0.25) is 24.0 Å². The number of anilines is 1. The number of nitrogens with zero attached hydrogens (tertiary/aromatic N) is 3. The Morgan fingerprint density at radius 1 is 1.00 bits per heavy atom. The van der Waals surface area contributed by atoms with Gasteiger partial charge >= 0.3 is 0 Å². The van der Waals surface area contributed by atoms with Crippen molar-refractivity contribution in [2.24, 2.45) is 0 Å². The first-order chi connectivity index (χ1) is 19.2. The molecule has 0 aliphatic heterocycles. The Kier molecular flexibility index (Phi) is 9.82. The molecule has 0 aliphatic carbocycles. The van der Waals surface area contributed by atoms with E-state index >= 15 is 0 Å². The van der Waals surface area contributed by atoms with Crippen LogP contribution >= 0.6 is 0 Å². The van der Waals surface area contributed by atoms with Gasteiger partial charge in [-0.2, -0.15) is 0 Å². The smallest absolute Gasteiger partial charge is 0.271 e. The number of carbonyl (C=O) groups is 2. The van der Waals surface area contributed by atoms with Gasteiger partial charge in [0.15, 0.2) is 0 Å². The molecule has 218 valence electrons. The van der Waals surface area contributed by atoms with Crippen LogP contribution in [0.1, 0.15) is 39.7 Å². The average Bonchev–Trinajstić information content (AvgIpc) is 2.92. The van der Waals surface area contributed by atoms with Gasteiger partial charge in [0.25, 0.3) is 15.7 Å². The standard InChI is InChI=1S/C29H33FN4O6S/c1-5-26(28(36)31-29(2,3)4)32(19-21-14-16-22(30)17-15-21)27(35)20-33(23-10-9-11-24(18-23)34(37)38)41(39,40)25-12-7-6-8-13-25/h6-18,26H,5,19-20H2,1-4H3,(H,31,36). The Labute approximate surface area is 239 Å². The molecule has 0 aromatic heterocycles. The van der Waals surface area contributed by atoms with Crippen LogP contribution in [0.3, 0.4) is 0 Å². The summed E-state index contributed by atoms with van der Waals surface area (Å²) in [5.74, 6) is -1.64. The summed E-state index contributed by atoms with van der Waals surface area (Å²) in [5.41, 5.74) is -0.539. The molecule has 0 saturated heterocycles. The number of non-ortho nitro benzene ring substituents is 1. The number of sulfonamides is 1. The summed E-state index contributed by atoms with van der Waals surface area (Å²) in [7, 11) is -4.37. The molecular weight excluding hydrogens is 551 g/mol. The number of nitrogens with one attached hydrogen (secondary N) is 1. The Morgan fingerprint density at radius 3 is 2.20 bits per heavy atom. The lowest BCUT2D eigenvalue weighted by atomic mass is 10.1. The van der Waals surface area contributed by atoms with Crippen LogP contribution in [-0.2, 0) is 26.2 Å². The Hall–Kier alpha value is -4.32. The Bertz CT molecular complexity index is 1490. The summed E-state index contributed by atoms with van der Waals surface area (Å²) in [4.78, 5) is 39.2. The number of rotatable bonds is 11. The van der Waals surface area contributed by atoms with E-state index in [0.717, 1.165) is 10.4 Å². The summed E-state index contributed by atoms with van der Waals surface area (Å²) in [6, 6.07) is 16.8. The molecule has 1 unspecified atom stereocenters. The minimum absolute atomic E-state index is 0.0923. The molecule has 0 heterocycles. The third-order valence-electron chi connectivity index (χ3n) is 6.09. The van der Waals surface area contributed by atoms with Crippen LogP contribution in [0.25, 0.3) is 0 Å². The lowest BCUT2D eigenvalue weighted by Crippen LogP contribution is -2.55. The quantitative estimate of drug-likeness (QED) is 0.258. The minimum atomic E-state index is -4.37. The second kappa shape index (κ2) is 12.9. The van der Waals surface area contributed by atoms with Gasteiger partial charge in [-0.15, -0.1) is 0 Å². The maximum atomic E-state index is 14.0. The number of hydrogen-bond acceptors (Lipinski definition) is 6. The number of halogens is 1. The summed E-state index contributed by atoms with van der Waals surface area (Å²) < 4.78 is 42.0. The van der Waals surface area contributed by atoms with Gasteiger partial charge in [0.1, 0.15) is 18.4 Å². The molecule has 0 aliphatic rings. The predicted molar refractivity (Wildman–Crippen MR) is 153 cm³/mol. The highest BCUT2D eigenvalue weighted by molar-refractivity contribution is 7.92. The van der Waals surface area contributed by atoms with Gasteiger partial charge < -0.3 is 10.2 Å². The summed E-state index contributed by atoms with van der Waals surface area (Å²) in [5, 5.41) is 14.3. The molecule has 1 N–H and O–H groups in total. The van der Waals surface area contributed by atoms with Crippen molar-refractivity contribution in [2.45, 2.75) is 57.1 Å². The fourth-order valence-electron chi connectivity index (χ4n) is 4.17. The number of amides is 2. The molecule has 0 bridgehead atoms. The monoisotopic (exact) mass is 584 g/mol. The molecule has 0 fully saturated rings. The number of hydrogen-bond donors (Lipinski definition) is 1. The largest absolute Gasteiger partial charge is 0.350 e. The van der Waals surface area contributed by atoms with Gasteiger partial charge in [0.05, 0.1) is 15.5 Å². The fraction of sp³-hybridized carbons (Fsp3) is 0.310. The second-order valence-corrected chi connectivity index (χ2v) is 12.3. The van der Waals surface area contributed by atoms with E-state index in [1.165, 1.54) is 71.6 Å². The zero-order valence-electron chi connectivity index (χ0n) is 23.3. The van der Waals surface area contributed by atoms with E-state index in [9.17, 15) is 32.5 Å². The van der Waals surface area contributed by atoms with E-state index in [2.05, 4.69) is 5.32 Å². The number of nitro benzene ring substituents is 1. The molecule has 10 nitrogen and oxygen atoms in total. The van der Waals surface area contributed by atoms with Crippen LogP contribution in [-0.4, -0.2) is 48.2 Å². The van der Waals surface area contributed by atoms with Crippen molar-refractivity contribution in [1.29, 1.82) is 0 Å². The van der Waals surface area contributed by atoms with Crippen LogP contribution in [0, 0.1) is 15.9 Å². The molecule has 2 amide bonds. The fourth-order valence-corrected chi connectivity index (χ4v) is 5.60. The first kappa shape index (κ1) is 31.2. The van der Waals surface area contributed by atoms with E-state index in [-0.39, 0.29) is 29.2 Å². The molecule has 0 radical (unpaired) electrons. The van der Waals surface area contributed by atoms with Crippen LogP contribution in [0.5, 0.6) is 0 Å². The van der Waals surface area contributed by atoms with Crippen molar-refractivity contribution in [1.82, 2.24) is 10.2 Å².